The van der Waals surface area contributed by atoms with E-state index in [0.29, 0.717) is 24.5 Å². The van der Waals surface area contributed by atoms with Gasteiger partial charge in [-0.2, -0.15) is 0 Å². The van der Waals surface area contributed by atoms with Gasteiger partial charge in [0.05, 0.1) is 35.6 Å². The third kappa shape index (κ3) is 5.17. The lowest BCUT2D eigenvalue weighted by atomic mass is 10.0. The van der Waals surface area contributed by atoms with Gasteiger partial charge in [-0.1, -0.05) is 47.7 Å². The van der Waals surface area contributed by atoms with E-state index in [1.807, 2.05) is 54.3 Å². The van der Waals surface area contributed by atoms with E-state index in [4.69, 9.17) is 14.5 Å². The molecule has 3 aromatic carbocycles. The van der Waals surface area contributed by atoms with Crippen molar-refractivity contribution in [2.24, 2.45) is 0 Å². The van der Waals surface area contributed by atoms with Gasteiger partial charge in [-0.15, -0.1) is 0 Å². The van der Waals surface area contributed by atoms with Crippen molar-refractivity contribution in [3.8, 4) is 5.75 Å². The summed E-state index contributed by atoms with van der Waals surface area (Å²) in [5, 5.41) is 2.65. The fraction of sp³-hybridized carbons (Fsp3) is 0.357. The summed E-state index contributed by atoms with van der Waals surface area (Å²) in [5.74, 6) is 0.550. The first-order valence-electron chi connectivity index (χ1n) is 12.3. The maximum Gasteiger partial charge on any atom is 0.264 e. The Morgan fingerprint density at radius 3 is 2.80 bits per heavy atom. The van der Waals surface area contributed by atoms with Crippen LogP contribution in [0.25, 0.3) is 21.0 Å². The normalized spacial score (nSPS) is 14.5. The first kappa shape index (κ1) is 23.7. The quantitative estimate of drug-likeness (QED) is 0.326. The van der Waals surface area contributed by atoms with Crippen molar-refractivity contribution < 1.29 is 14.3 Å². The maximum absolute atomic E-state index is 14.3. The number of carbonyl (C=O) groups excluding carboxylic acids is 1. The number of benzene rings is 3. The largest absolute Gasteiger partial charge is 0.493 e. The highest BCUT2D eigenvalue weighted by molar-refractivity contribution is 7.22. The van der Waals surface area contributed by atoms with E-state index in [1.165, 1.54) is 5.56 Å². The van der Waals surface area contributed by atoms with Gasteiger partial charge in [-0.25, -0.2) is 4.98 Å². The molecule has 0 unspecified atom stereocenters. The van der Waals surface area contributed by atoms with E-state index in [1.54, 1.807) is 11.3 Å². The first-order valence-corrected chi connectivity index (χ1v) is 13.1. The summed E-state index contributed by atoms with van der Waals surface area (Å²) >= 11 is 1.57. The molecule has 182 valence electrons. The van der Waals surface area contributed by atoms with E-state index < -0.39 is 0 Å². The van der Waals surface area contributed by atoms with Crippen LogP contribution >= 0.6 is 11.3 Å². The van der Waals surface area contributed by atoms with Crippen molar-refractivity contribution in [1.29, 1.82) is 0 Å². The van der Waals surface area contributed by atoms with Crippen molar-refractivity contribution in [3.63, 3.8) is 0 Å². The van der Waals surface area contributed by atoms with Crippen LogP contribution in [0.3, 0.4) is 0 Å². The number of carbonyl (C=O) groups is 1. The topological polar surface area (TPSA) is 54.9 Å². The minimum atomic E-state index is -0.0667. The van der Waals surface area contributed by atoms with Gasteiger partial charge in [0.1, 0.15) is 5.75 Å². The lowest BCUT2D eigenvalue weighted by molar-refractivity contribution is 0.0376. The minimum Gasteiger partial charge on any atom is -0.493 e. The predicted molar refractivity (Wildman–Crippen MR) is 143 cm³/mol. The summed E-state index contributed by atoms with van der Waals surface area (Å²) in [6.45, 7) is 9.44. The molecule has 2 heterocycles. The lowest BCUT2D eigenvalue weighted by Crippen LogP contribution is -2.39. The van der Waals surface area contributed by atoms with Crippen LogP contribution < -0.4 is 9.64 Å². The van der Waals surface area contributed by atoms with Gasteiger partial charge < -0.3 is 9.47 Å². The number of aryl methyl sites for hydroxylation is 1. The Hall–Kier alpha value is -3.00. The number of rotatable bonds is 8. The van der Waals surface area contributed by atoms with Gasteiger partial charge in [0.25, 0.3) is 5.91 Å². The highest BCUT2D eigenvalue weighted by Gasteiger charge is 2.26. The summed E-state index contributed by atoms with van der Waals surface area (Å²) in [4.78, 5) is 23.4. The first-order chi connectivity index (χ1) is 17.1. The minimum absolute atomic E-state index is 0.0667. The number of hydrogen-bond acceptors (Lipinski definition) is 6. The highest BCUT2D eigenvalue weighted by Crippen LogP contribution is 2.34. The van der Waals surface area contributed by atoms with Gasteiger partial charge in [0, 0.05) is 26.2 Å². The van der Waals surface area contributed by atoms with E-state index in [9.17, 15) is 4.79 Å². The number of aromatic nitrogens is 1. The Balaban J connectivity index is 1.52. The molecule has 0 N–H and O–H groups in total. The zero-order valence-electron chi connectivity index (χ0n) is 20.3. The van der Waals surface area contributed by atoms with Crippen LogP contribution in [0.2, 0.25) is 0 Å². The van der Waals surface area contributed by atoms with Crippen LogP contribution in [-0.4, -0.2) is 61.8 Å². The van der Waals surface area contributed by atoms with Crippen LogP contribution in [0.1, 0.15) is 29.3 Å². The summed E-state index contributed by atoms with van der Waals surface area (Å²) in [5.41, 5.74) is 2.71. The molecule has 0 bridgehead atoms. The monoisotopic (exact) mass is 489 g/mol. The third-order valence-electron chi connectivity index (χ3n) is 6.37. The van der Waals surface area contributed by atoms with Gasteiger partial charge >= 0.3 is 0 Å². The van der Waals surface area contributed by atoms with E-state index in [2.05, 4.69) is 24.0 Å². The molecule has 0 aliphatic carbocycles. The van der Waals surface area contributed by atoms with Gasteiger partial charge in [-0.05, 0) is 54.8 Å². The number of amides is 1. The summed E-state index contributed by atoms with van der Waals surface area (Å²) in [6, 6.07) is 18.1. The molecule has 1 aliphatic heterocycles. The highest BCUT2D eigenvalue weighted by atomic mass is 32.1. The molecule has 1 fully saturated rings. The van der Waals surface area contributed by atoms with Crippen molar-refractivity contribution in [1.82, 2.24) is 9.88 Å². The van der Waals surface area contributed by atoms with Gasteiger partial charge in [0.2, 0.25) is 0 Å². The van der Waals surface area contributed by atoms with Crippen LogP contribution in [0.5, 0.6) is 5.75 Å². The molecule has 1 aromatic heterocycles. The smallest absolute Gasteiger partial charge is 0.264 e. The Morgan fingerprint density at radius 2 is 1.97 bits per heavy atom. The van der Waals surface area contributed by atoms with Crippen molar-refractivity contribution in [2.45, 2.75) is 20.3 Å². The van der Waals surface area contributed by atoms with Crippen LogP contribution in [0.4, 0.5) is 5.13 Å². The fourth-order valence-corrected chi connectivity index (χ4v) is 5.67. The molecule has 0 atom stereocenters. The Kier molecular flexibility index (Phi) is 7.27. The fourth-order valence-electron chi connectivity index (χ4n) is 4.58. The Bertz CT molecular complexity index is 1330. The third-order valence-corrected chi connectivity index (χ3v) is 7.41. The average Bonchev–Trinajstić information content (AvgIpc) is 3.29. The van der Waals surface area contributed by atoms with E-state index in [-0.39, 0.29) is 5.91 Å². The van der Waals surface area contributed by atoms with Crippen molar-refractivity contribution in [3.05, 3.63) is 65.7 Å². The molecular weight excluding hydrogens is 458 g/mol. The second-order valence-electron chi connectivity index (χ2n) is 8.82. The summed E-state index contributed by atoms with van der Waals surface area (Å²) in [6.07, 6.45) is 0.857. The van der Waals surface area contributed by atoms with Crippen LogP contribution in [0, 0.1) is 6.92 Å². The number of hydrogen-bond donors (Lipinski definition) is 0. The second-order valence-corrected chi connectivity index (χ2v) is 9.83. The molecule has 4 aromatic rings. The predicted octanol–water partition coefficient (Wildman–Crippen LogP) is 5.53. The number of morpholine rings is 1. The molecule has 1 amide bonds. The number of ether oxygens (including phenoxy) is 2. The molecule has 0 saturated carbocycles. The van der Waals surface area contributed by atoms with Crippen LogP contribution in [-0.2, 0) is 4.74 Å². The zero-order chi connectivity index (χ0) is 24.2. The molecule has 5 rings (SSSR count). The van der Waals surface area contributed by atoms with Gasteiger partial charge in [-0.3, -0.25) is 14.6 Å². The maximum atomic E-state index is 14.3. The number of thiazole rings is 1. The SMILES string of the molecule is CCOc1ccc2ccccc2c1C(=O)N(CCCN1CCOCC1)c1nc2ccc(C)cc2s1. The molecule has 6 nitrogen and oxygen atoms in total. The summed E-state index contributed by atoms with van der Waals surface area (Å²) in [7, 11) is 0. The van der Waals surface area contributed by atoms with E-state index >= 15 is 0 Å². The van der Waals surface area contributed by atoms with Crippen molar-refractivity contribution in [2.75, 3.05) is 50.9 Å². The molecule has 35 heavy (non-hydrogen) atoms. The Morgan fingerprint density at radius 1 is 1.14 bits per heavy atom. The molecule has 1 aliphatic rings. The number of fused-ring (bicyclic) bond motifs is 2. The molecule has 1 saturated heterocycles. The number of nitrogens with zero attached hydrogens (tertiary/aromatic N) is 3. The van der Waals surface area contributed by atoms with E-state index in [0.717, 1.165) is 65.4 Å². The van der Waals surface area contributed by atoms with Crippen molar-refractivity contribution >= 4 is 43.4 Å². The summed E-state index contributed by atoms with van der Waals surface area (Å²) < 4.78 is 12.5. The molecule has 0 radical (unpaired) electrons. The van der Waals surface area contributed by atoms with Crippen LogP contribution in [0.15, 0.2) is 54.6 Å². The molecule has 7 heteroatoms. The molecular formula is C28H31N3O3S. The Labute approximate surface area is 210 Å². The molecule has 0 spiro atoms. The number of anilines is 1. The van der Waals surface area contributed by atoms with Gasteiger partial charge in [0.15, 0.2) is 5.13 Å². The standard InChI is InChI=1S/C28H31N3O3S/c1-3-34-24-12-10-21-7-4-5-8-22(21)26(24)27(32)31(14-6-13-30-15-17-33-18-16-30)28-29-23-11-9-20(2)19-25(23)35-28/h4-5,7-12,19H,3,6,13-18H2,1-2H3. The zero-order valence-corrected chi connectivity index (χ0v) is 21.1. The second kappa shape index (κ2) is 10.7. The average molecular weight is 490 g/mol. The lowest BCUT2D eigenvalue weighted by Gasteiger charge is -2.28.